The maximum atomic E-state index is 13.0. The number of halogens is 6. The van der Waals surface area contributed by atoms with E-state index in [9.17, 15) is 40.7 Å². The molecular weight excluding hydrogens is 598 g/mol. The van der Waals surface area contributed by atoms with Crippen molar-refractivity contribution in [3.8, 4) is 28.1 Å². The van der Waals surface area contributed by atoms with Crippen LogP contribution < -0.4 is 15.4 Å². The molecule has 0 fully saturated rings. The molecule has 9 nitrogen and oxygen atoms in total. The summed E-state index contributed by atoms with van der Waals surface area (Å²) in [5, 5.41) is 5.43. The Morgan fingerprint density at radius 3 is 2.36 bits per heavy atom. The van der Waals surface area contributed by atoms with Gasteiger partial charge in [-0.2, -0.15) is 13.2 Å². The minimum Gasteiger partial charge on any atom is -0.459 e. The van der Waals surface area contributed by atoms with Crippen LogP contribution in [0.3, 0.4) is 0 Å². The number of carbonyl (C=O) groups excluding carboxylic acids is 3. The SMILES string of the molecule is CN(C)CCNC(=O)c1ccc(-c2c(-c3cccc(OC(F)(F)F)c3)cc3n2C(CCOC(=O)C(F)(F)F)CNC3=O)cc1. The second-order valence-electron chi connectivity index (χ2n) is 10.2. The zero-order valence-electron chi connectivity index (χ0n) is 23.5. The lowest BCUT2D eigenvalue weighted by Gasteiger charge is -2.29. The zero-order chi connectivity index (χ0) is 32.2. The van der Waals surface area contributed by atoms with Crippen LogP contribution in [0.25, 0.3) is 22.4 Å². The first-order valence-corrected chi connectivity index (χ1v) is 13.3. The Balaban J connectivity index is 1.76. The van der Waals surface area contributed by atoms with Crippen molar-refractivity contribution in [1.82, 2.24) is 20.1 Å². The van der Waals surface area contributed by atoms with E-state index in [4.69, 9.17) is 0 Å². The number of nitrogens with zero attached hydrogens (tertiary/aromatic N) is 2. The molecule has 1 atom stereocenters. The minimum absolute atomic E-state index is 0.0277. The van der Waals surface area contributed by atoms with Crippen molar-refractivity contribution < 1.29 is 50.2 Å². The third kappa shape index (κ3) is 7.89. The van der Waals surface area contributed by atoms with Crippen molar-refractivity contribution >= 4 is 17.8 Å². The van der Waals surface area contributed by atoms with Crippen LogP contribution in [0.5, 0.6) is 5.75 Å². The second-order valence-corrected chi connectivity index (χ2v) is 10.2. The topological polar surface area (TPSA) is 102 Å². The number of nitrogens with one attached hydrogen (secondary N) is 2. The number of likely N-dealkylation sites (N-methyl/N-ethyl adjacent to an activating group) is 1. The molecule has 2 N–H and O–H groups in total. The lowest BCUT2D eigenvalue weighted by molar-refractivity contribution is -0.274. The Morgan fingerprint density at radius 1 is 1.02 bits per heavy atom. The van der Waals surface area contributed by atoms with Crippen LogP contribution in [-0.2, 0) is 9.53 Å². The predicted octanol–water partition coefficient (Wildman–Crippen LogP) is 4.79. The van der Waals surface area contributed by atoms with Gasteiger partial charge in [0, 0.05) is 37.2 Å². The fourth-order valence-electron chi connectivity index (χ4n) is 4.72. The molecule has 3 aromatic rings. The average Bonchev–Trinajstić information content (AvgIpc) is 3.34. The van der Waals surface area contributed by atoms with Gasteiger partial charge < -0.3 is 29.6 Å². The van der Waals surface area contributed by atoms with Gasteiger partial charge in [0.2, 0.25) is 0 Å². The summed E-state index contributed by atoms with van der Waals surface area (Å²) in [6, 6.07) is 12.1. The number of alkyl halides is 6. The average molecular weight is 627 g/mol. The summed E-state index contributed by atoms with van der Waals surface area (Å²) in [5.41, 5.74) is 1.81. The van der Waals surface area contributed by atoms with E-state index in [0.717, 1.165) is 12.1 Å². The first kappa shape index (κ1) is 32.4. The number of hydrogen-bond donors (Lipinski definition) is 2. The normalized spacial score (nSPS) is 15.0. The van der Waals surface area contributed by atoms with E-state index in [1.807, 2.05) is 19.0 Å². The summed E-state index contributed by atoms with van der Waals surface area (Å²) >= 11 is 0. The molecular formula is C29H28F6N4O5. The maximum absolute atomic E-state index is 13.0. The largest absolute Gasteiger partial charge is 0.573 e. The van der Waals surface area contributed by atoms with E-state index < -0.39 is 42.8 Å². The van der Waals surface area contributed by atoms with Crippen molar-refractivity contribution in [3.05, 3.63) is 65.9 Å². The van der Waals surface area contributed by atoms with E-state index in [1.165, 1.54) is 30.3 Å². The summed E-state index contributed by atoms with van der Waals surface area (Å²) in [4.78, 5) is 38.7. The molecule has 1 aliphatic heterocycles. The lowest BCUT2D eigenvalue weighted by atomic mass is 9.99. The van der Waals surface area contributed by atoms with E-state index in [2.05, 4.69) is 20.1 Å². The molecule has 1 aromatic heterocycles. The quantitative estimate of drug-likeness (QED) is 0.248. The van der Waals surface area contributed by atoms with Gasteiger partial charge in [-0.1, -0.05) is 24.3 Å². The Morgan fingerprint density at radius 2 is 1.73 bits per heavy atom. The summed E-state index contributed by atoms with van der Waals surface area (Å²) < 4.78 is 86.9. The molecule has 2 amide bonds. The molecule has 15 heteroatoms. The number of fused-ring (bicyclic) bond motifs is 1. The molecule has 2 heterocycles. The highest BCUT2D eigenvalue weighted by Crippen LogP contribution is 2.41. The minimum atomic E-state index is -5.18. The van der Waals surface area contributed by atoms with Gasteiger partial charge in [0.25, 0.3) is 11.8 Å². The molecule has 0 radical (unpaired) electrons. The number of rotatable bonds is 10. The van der Waals surface area contributed by atoms with Crippen LogP contribution >= 0.6 is 0 Å². The molecule has 2 aromatic carbocycles. The van der Waals surface area contributed by atoms with Gasteiger partial charge in [0.1, 0.15) is 11.4 Å². The molecule has 0 saturated carbocycles. The van der Waals surface area contributed by atoms with E-state index in [-0.39, 0.29) is 30.1 Å². The lowest BCUT2D eigenvalue weighted by Crippen LogP contribution is -2.39. The summed E-state index contributed by atoms with van der Waals surface area (Å²) in [6.45, 7) is 0.366. The van der Waals surface area contributed by atoms with Gasteiger partial charge >= 0.3 is 18.5 Å². The molecule has 0 aliphatic carbocycles. The molecule has 4 rings (SSSR count). The fraction of sp³-hybridized carbons (Fsp3) is 0.345. The van der Waals surface area contributed by atoms with Crippen molar-refractivity contribution in [2.75, 3.05) is 40.3 Å². The van der Waals surface area contributed by atoms with E-state index >= 15 is 0 Å². The second kappa shape index (κ2) is 13.0. The Bertz CT molecular complexity index is 1520. The first-order chi connectivity index (χ1) is 20.6. The Labute approximate surface area is 247 Å². The highest BCUT2D eigenvalue weighted by atomic mass is 19.4. The molecule has 0 saturated heterocycles. The van der Waals surface area contributed by atoms with Gasteiger partial charge in [-0.15, -0.1) is 13.2 Å². The van der Waals surface area contributed by atoms with Crippen molar-refractivity contribution in [1.29, 1.82) is 0 Å². The first-order valence-electron chi connectivity index (χ1n) is 13.3. The van der Waals surface area contributed by atoms with Crippen LogP contribution in [0, 0.1) is 0 Å². The van der Waals surface area contributed by atoms with Crippen molar-refractivity contribution in [2.24, 2.45) is 0 Å². The number of hydrogen-bond acceptors (Lipinski definition) is 6. The molecule has 1 aliphatic rings. The Kier molecular flexibility index (Phi) is 9.56. The van der Waals surface area contributed by atoms with E-state index in [1.54, 1.807) is 16.7 Å². The van der Waals surface area contributed by atoms with Crippen molar-refractivity contribution in [2.45, 2.75) is 25.0 Å². The monoisotopic (exact) mass is 626 g/mol. The highest BCUT2D eigenvalue weighted by Gasteiger charge is 2.41. The number of amides is 2. The molecule has 0 bridgehead atoms. The summed E-state index contributed by atoms with van der Waals surface area (Å²) in [7, 11) is 3.71. The fourth-order valence-corrected chi connectivity index (χ4v) is 4.72. The van der Waals surface area contributed by atoms with Crippen LogP contribution in [0.15, 0.2) is 54.6 Å². The number of carbonyl (C=O) groups is 3. The number of ether oxygens (including phenoxy) is 2. The van der Waals surface area contributed by atoms with Gasteiger partial charge in [-0.3, -0.25) is 9.59 Å². The summed E-state index contributed by atoms with van der Waals surface area (Å²) in [6.07, 6.45) is -10.3. The van der Waals surface area contributed by atoms with Crippen LogP contribution in [0.2, 0.25) is 0 Å². The van der Waals surface area contributed by atoms with Gasteiger partial charge in [0.05, 0.1) is 18.3 Å². The summed E-state index contributed by atoms with van der Waals surface area (Å²) in [5.74, 6) is -3.72. The van der Waals surface area contributed by atoms with Gasteiger partial charge in [-0.25, -0.2) is 4.79 Å². The Hall–Kier alpha value is -4.53. The third-order valence-electron chi connectivity index (χ3n) is 6.69. The molecule has 236 valence electrons. The number of esters is 1. The number of aromatic nitrogens is 1. The van der Waals surface area contributed by atoms with Crippen LogP contribution in [-0.4, -0.2) is 80.1 Å². The highest BCUT2D eigenvalue weighted by molar-refractivity contribution is 5.99. The number of benzene rings is 2. The van der Waals surface area contributed by atoms with Crippen LogP contribution in [0.1, 0.15) is 33.3 Å². The van der Waals surface area contributed by atoms with Gasteiger partial charge in [-0.05, 0) is 55.6 Å². The van der Waals surface area contributed by atoms with E-state index in [0.29, 0.717) is 35.5 Å². The van der Waals surface area contributed by atoms with Gasteiger partial charge in [0.15, 0.2) is 0 Å². The maximum Gasteiger partial charge on any atom is 0.573 e. The van der Waals surface area contributed by atoms with Crippen molar-refractivity contribution in [3.63, 3.8) is 0 Å². The standard InChI is InChI=1S/C29H28F6N4O5/c1-38(2)12-11-36-25(40)18-8-6-17(7-9-18)24-22(19-4-3-5-21(14-19)44-29(33,34)35)15-23-26(41)37-16-20(39(23)24)10-13-43-27(42)28(30,31)32/h3-9,14-15,20H,10-13,16H2,1-2H3,(H,36,40)(H,37,41). The molecule has 0 spiro atoms. The molecule has 44 heavy (non-hydrogen) atoms. The molecule has 1 unspecified atom stereocenters. The zero-order valence-corrected chi connectivity index (χ0v) is 23.5. The third-order valence-corrected chi connectivity index (χ3v) is 6.69. The predicted molar refractivity (Wildman–Crippen MR) is 146 cm³/mol. The smallest absolute Gasteiger partial charge is 0.459 e. The van der Waals surface area contributed by atoms with Crippen LogP contribution in [0.4, 0.5) is 26.3 Å².